The summed E-state index contributed by atoms with van der Waals surface area (Å²) in [5.74, 6) is 1.81. The average molecular weight is 247 g/mol. The van der Waals surface area contributed by atoms with E-state index in [4.69, 9.17) is 5.73 Å². The summed E-state index contributed by atoms with van der Waals surface area (Å²) < 4.78 is 3.90. The monoisotopic (exact) mass is 247 g/mol. The Hall–Kier alpha value is -1.78. The molecule has 0 saturated carbocycles. The third kappa shape index (κ3) is 2.25. The van der Waals surface area contributed by atoms with E-state index in [-0.39, 0.29) is 0 Å². The molecule has 0 unspecified atom stereocenters. The smallest absolute Gasteiger partial charge is 0.131 e. The van der Waals surface area contributed by atoms with E-state index in [1.54, 1.807) is 4.68 Å². The second-order valence-electron chi connectivity index (χ2n) is 4.52. The summed E-state index contributed by atoms with van der Waals surface area (Å²) in [5, 5.41) is 4.17. The fraction of sp³-hybridized carbons (Fsp3) is 0.538. The summed E-state index contributed by atoms with van der Waals surface area (Å²) in [7, 11) is 1.90. The maximum atomic E-state index is 6.23. The molecule has 0 aliphatic rings. The molecule has 5 nitrogen and oxygen atoms in total. The zero-order valence-electron chi connectivity index (χ0n) is 11.3. The third-order valence-corrected chi connectivity index (χ3v) is 3.12. The van der Waals surface area contributed by atoms with Crippen LogP contribution in [0.15, 0.2) is 12.4 Å². The van der Waals surface area contributed by atoms with Crippen LogP contribution in [0.25, 0.3) is 11.3 Å². The summed E-state index contributed by atoms with van der Waals surface area (Å²) in [6.07, 6.45) is 6.93. The van der Waals surface area contributed by atoms with E-state index in [0.29, 0.717) is 0 Å². The number of anilines is 1. The van der Waals surface area contributed by atoms with Gasteiger partial charge in [0, 0.05) is 31.8 Å². The van der Waals surface area contributed by atoms with Crippen LogP contribution < -0.4 is 5.73 Å². The first kappa shape index (κ1) is 12.7. The Morgan fingerprint density at radius 3 is 2.67 bits per heavy atom. The minimum atomic E-state index is 0.758. The highest BCUT2D eigenvalue weighted by molar-refractivity contribution is 5.69. The van der Waals surface area contributed by atoms with Crippen LogP contribution in [0, 0.1) is 0 Å². The van der Waals surface area contributed by atoms with Gasteiger partial charge in [0.1, 0.15) is 17.3 Å². The molecule has 18 heavy (non-hydrogen) atoms. The largest absolute Gasteiger partial charge is 0.383 e. The lowest BCUT2D eigenvalue weighted by Crippen LogP contribution is -2.06. The van der Waals surface area contributed by atoms with E-state index < -0.39 is 0 Å². The molecule has 0 bridgehead atoms. The molecule has 2 aromatic rings. The van der Waals surface area contributed by atoms with E-state index in [1.165, 1.54) is 0 Å². The number of unbranched alkanes of at least 4 members (excludes halogenated alkanes) is 1. The molecule has 0 radical (unpaired) electrons. The van der Waals surface area contributed by atoms with Crippen LogP contribution in [0.4, 0.5) is 5.82 Å². The summed E-state index contributed by atoms with van der Waals surface area (Å²) in [5.41, 5.74) is 8.07. The number of nitrogens with zero attached hydrogens (tertiary/aromatic N) is 4. The van der Waals surface area contributed by atoms with Gasteiger partial charge in [-0.3, -0.25) is 4.68 Å². The summed E-state index contributed by atoms with van der Waals surface area (Å²) >= 11 is 0. The molecule has 0 amide bonds. The highest BCUT2D eigenvalue weighted by Gasteiger charge is 2.15. The second-order valence-corrected chi connectivity index (χ2v) is 4.52. The molecule has 2 heterocycles. The van der Waals surface area contributed by atoms with Crippen molar-refractivity contribution in [3.05, 3.63) is 18.2 Å². The van der Waals surface area contributed by atoms with Crippen LogP contribution in [-0.2, 0) is 20.0 Å². The topological polar surface area (TPSA) is 61.7 Å². The van der Waals surface area contributed by atoms with Gasteiger partial charge in [0.05, 0.1) is 6.20 Å². The molecular weight excluding hydrogens is 226 g/mol. The zero-order chi connectivity index (χ0) is 13.1. The van der Waals surface area contributed by atoms with E-state index in [2.05, 4.69) is 28.5 Å². The standard InChI is InChI=1S/C13H21N5/c1-4-6-7-18-11(5-2)16-12(13(18)14)10-8-15-17(3)9-10/h8-9H,4-7,14H2,1-3H3. The lowest BCUT2D eigenvalue weighted by Gasteiger charge is -2.07. The molecule has 2 rings (SSSR count). The molecule has 0 spiro atoms. The summed E-state index contributed by atoms with van der Waals surface area (Å²) in [6.45, 7) is 5.23. The minimum absolute atomic E-state index is 0.758. The number of hydrogen-bond acceptors (Lipinski definition) is 3. The number of rotatable bonds is 5. The predicted octanol–water partition coefficient (Wildman–Crippen LogP) is 2.23. The minimum Gasteiger partial charge on any atom is -0.383 e. The van der Waals surface area contributed by atoms with Gasteiger partial charge in [-0.15, -0.1) is 0 Å². The van der Waals surface area contributed by atoms with Crippen LogP contribution in [-0.4, -0.2) is 19.3 Å². The van der Waals surface area contributed by atoms with Crippen LogP contribution in [0.3, 0.4) is 0 Å². The van der Waals surface area contributed by atoms with Crippen molar-refractivity contribution < 1.29 is 0 Å². The van der Waals surface area contributed by atoms with Gasteiger partial charge in [0.25, 0.3) is 0 Å². The number of nitrogens with two attached hydrogens (primary N) is 1. The van der Waals surface area contributed by atoms with Crippen molar-refractivity contribution in [3.8, 4) is 11.3 Å². The highest BCUT2D eigenvalue weighted by atomic mass is 15.2. The van der Waals surface area contributed by atoms with Gasteiger partial charge in [0.15, 0.2) is 0 Å². The van der Waals surface area contributed by atoms with Crippen molar-refractivity contribution >= 4 is 5.82 Å². The van der Waals surface area contributed by atoms with E-state index >= 15 is 0 Å². The van der Waals surface area contributed by atoms with Crippen LogP contribution in [0.2, 0.25) is 0 Å². The number of imidazole rings is 1. The van der Waals surface area contributed by atoms with Crippen molar-refractivity contribution in [2.75, 3.05) is 5.73 Å². The molecule has 0 saturated heterocycles. The first-order valence-electron chi connectivity index (χ1n) is 6.51. The Morgan fingerprint density at radius 1 is 1.33 bits per heavy atom. The Morgan fingerprint density at radius 2 is 2.11 bits per heavy atom. The molecule has 0 aliphatic carbocycles. The highest BCUT2D eigenvalue weighted by Crippen LogP contribution is 2.26. The van der Waals surface area contributed by atoms with Gasteiger partial charge in [-0.25, -0.2) is 4.98 Å². The Bertz CT molecular complexity index is 523. The van der Waals surface area contributed by atoms with E-state index in [1.807, 2.05) is 19.4 Å². The zero-order valence-corrected chi connectivity index (χ0v) is 11.3. The molecule has 5 heteroatoms. The molecule has 98 valence electrons. The van der Waals surface area contributed by atoms with Crippen molar-refractivity contribution in [2.45, 2.75) is 39.7 Å². The molecule has 0 fully saturated rings. The number of aromatic nitrogens is 4. The first-order valence-corrected chi connectivity index (χ1v) is 6.51. The number of nitrogen functional groups attached to an aromatic ring is 1. The van der Waals surface area contributed by atoms with E-state index in [0.717, 1.165) is 48.7 Å². The van der Waals surface area contributed by atoms with Gasteiger partial charge in [-0.1, -0.05) is 20.3 Å². The third-order valence-electron chi connectivity index (χ3n) is 3.12. The Balaban J connectivity index is 2.40. The fourth-order valence-corrected chi connectivity index (χ4v) is 2.11. The van der Waals surface area contributed by atoms with Crippen LogP contribution in [0.5, 0.6) is 0 Å². The maximum Gasteiger partial charge on any atom is 0.131 e. The van der Waals surface area contributed by atoms with Gasteiger partial charge in [-0.05, 0) is 6.42 Å². The fourth-order valence-electron chi connectivity index (χ4n) is 2.11. The second kappa shape index (κ2) is 5.25. The molecule has 0 atom stereocenters. The van der Waals surface area contributed by atoms with Gasteiger partial charge in [-0.2, -0.15) is 5.10 Å². The van der Waals surface area contributed by atoms with Crippen molar-refractivity contribution in [1.29, 1.82) is 0 Å². The summed E-state index contributed by atoms with van der Waals surface area (Å²) in [6, 6.07) is 0. The SMILES string of the molecule is CCCCn1c(CC)nc(-c2cnn(C)c2)c1N. The lowest BCUT2D eigenvalue weighted by atomic mass is 10.2. The average Bonchev–Trinajstić information content (AvgIpc) is 2.91. The van der Waals surface area contributed by atoms with Gasteiger partial charge >= 0.3 is 0 Å². The molecular formula is C13H21N5. The molecule has 0 aliphatic heterocycles. The number of hydrogen-bond donors (Lipinski definition) is 1. The quantitative estimate of drug-likeness (QED) is 0.881. The van der Waals surface area contributed by atoms with Crippen LogP contribution in [0.1, 0.15) is 32.5 Å². The first-order chi connectivity index (χ1) is 8.67. The molecule has 0 aromatic carbocycles. The van der Waals surface area contributed by atoms with Crippen LogP contribution >= 0.6 is 0 Å². The van der Waals surface area contributed by atoms with Gasteiger partial charge in [0.2, 0.25) is 0 Å². The Kier molecular flexibility index (Phi) is 3.69. The van der Waals surface area contributed by atoms with Crippen molar-refractivity contribution in [1.82, 2.24) is 19.3 Å². The van der Waals surface area contributed by atoms with Gasteiger partial charge < -0.3 is 10.3 Å². The van der Waals surface area contributed by atoms with Crippen molar-refractivity contribution in [2.24, 2.45) is 7.05 Å². The molecule has 2 aromatic heterocycles. The predicted molar refractivity (Wildman–Crippen MR) is 73.1 cm³/mol. The van der Waals surface area contributed by atoms with E-state index in [9.17, 15) is 0 Å². The molecule has 2 N–H and O–H groups in total. The number of aryl methyl sites for hydroxylation is 2. The maximum absolute atomic E-state index is 6.23. The normalized spacial score (nSPS) is 11.1. The Labute approximate surface area is 108 Å². The summed E-state index contributed by atoms with van der Waals surface area (Å²) in [4.78, 5) is 4.65. The lowest BCUT2D eigenvalue weighted by molar-refractivity contribution is 0.612. The van der Waals surface area contributed by atoms with Crippen molar-refractivity contribution in [3.63, 3.8) is 0 Å².